The smallest absolute Gasteiger partial charge is 0.134 e. The zero-order valence-electron chi connectivity index (χ0n) is 13.7. The molecule has 0 saturated carbocycles. The first kappa shape index (κ1) is 16.1. The molecule has 116 valence electrons. The lowest BCUT2D eigenvalue weighted by Crippen LogP contribution is -2.22. The quantitative estimate of drug-likeness (QED) is 0.606. The van der Waals surface area contributed by atoms with Crippen LogP contribution in [0.4, 0.5) is 0 Å². The van der Waals surface area contributed by atoms with Gasteiger partial charge in [-0.25, -0.2) is 0 Å². The molecule has 0 radical (unpaired) electrons. The van der Waals surface area contributed by atoms with Crippen molar-refractivity contribution in [1.29, 1.82) is 0 Å². The van der Waals surface area contributed by atoms with Gasteiger partial charge in [-0.3, -0.25) is 0 Å². The average Bonchev–Trinajstić information content (AvgIpc) is 2.89. The molecule has 2 aromatic rings. The highest BCUT2D eigenvalue weighted by atomic mass is 16.3. The van der Waals surface area contributed by atoms with Gasteiger partial charge in [-0.05, 0) is 25.5 Å². The number of benzene rings is 1. The molecule has 0 spiro atoms. The Labute approximate surface area is 128 Å². The number of unbranched alkanes of at least 4 members (excludes halogenated alkanes) is 2. The van der Waals surface area contributed by atoms with E-state index in [2.05, 4.69) is 50.4 Å². The van der Waals surface area contributed by atoms with Crippen LogP contribution in [0.25, 0.3) is 11.0 Å². The van der Waals surface area contributed by atoms with E-state index >= 15 is 0 Å². The van der Waals surface area contributed by atoms with Crippen molar-refractivity contribution in [2.24, 2.45) is 0 Å². The second-order valence-corrected chi connectivity index (χ2v) is 5.79. The Balaban J connectivity index is 2.32. The van der Waals surface area contributed by atoms with Crippen molar-refractivity contribution >= 4 is 11.0 Å². The van der Waals surface area contributed by atoms with Crippen LogP contribution < -0.4 is 5.32 Å². The first-order valence-electron chi connectivity index (χ1n) is 8.55. The number of rotatable bonds is 9. The summed E-state index contributed by atoms with van der Waals surface area (Å²) in [6.45, 7) is 7.74. The monoisotopic (exact) mass is 287 g/mol. The van der Waals surface area contributed by atoms with Gasteiger partial charge in [0.05, 0.1) is 0 Å². The molecule has 0 aliphatic heterocycles. The van der Waals surface area contributed by atoms with E-state index < -0.39 is 0 Å². The molecule has 1 atom stereocenters. The molecular weight excluding hydrogens is 258 g/mol. The van der Waals surface area contributed by atoms with Gasteiger partial charge in [0.15, 0.2) is 0 Å². The Bertz CT molecular complexity index is 543. The average molecular weight is 287 g/mol. The van der Waals surface area contributed by atoms with Gasteiger partial charge in [0.1, 0.15) is 11.3 Å². The van der Waals surface area contributed by atoms with Gasteiger partial charge in [-0.15, -0.1) is 0 Å². The molecule has 1 N–H and O–H groups in total. The van der Waals surface area contributed by atoms with Crippen LogP contribution in [0, 0.1) is 0 Å². The van der Waals surface area contributed by atoms with Crippen LogP contribution in [0.1, 0.15) is 70.2 Å². The molecule has 2 heteroatoms. The zero-order valence-corrected chi connectivity index (χ0v) is 13.7. The fraction of sp³-hybridized carbons (Fsp3) is 0.579. The van der Waals surface area contributed by atoms with E-state index in [0.717, 1.165) is 24.3 Å². The van der Waals surface area contributed by atoms with Crippen molar-refractivity contribution in [3.05, 3.63) is 35.6 Å². The van der Waals surface area contributed by atoms with E-state index in [-0.39, 0.29) is 0 Å². The maximum Gasteiger partial charge on any atom is 0.134 e. The van der Waals surface area contributed by atoms with Gasteiger partial charge in [-0.2, -0.15) is 0 Å². The van der Waals surface area contributed by atoms with Crippen molar-refractivity contribution in [1.82, 2.24) is 5.32 Å². The number of aryl methyl sites for hydroxylation is 1. The number of para-hydroxylation sites is 1. The molecule has 2 nitrogen and oxygen atoms in total. The highest BCUT2D eigenvalue weighted by Crippen LogP contribution is 2.33. The highest BCUT2D eigenvalue weighted by molar-refractivity contribution is 5.82. The summed E-state index contributed by atoms with van der Waals surface area (Å²) < 4.78 is 6.08. The van der Waals surface area contributed by atoms with Crippen molar-refractivity contribution in [2.75, 3.05) is 6.54 Å². The number of hydrogen-bond acceptors (Lipinski definition) is 2. The van der Waals surface area contributed by atoms with E-state index in [1.807, 2.05) is 0 Å². The lowest BCUT2D eigenvalue weighted by molar-refractivity contribution is 0.459. The SMILES string of the molecule is CCCCCC(NCCC)c1c(CC)oc2ccccc12. The van der Waals surface area contributed by atoms with Gasteiger partial charge in [0, 0.05) is 23.4 Å². The van der Waals surface area contributed by atoms with Crippen LogP contribution in [0.2, 0.25) is 0 Å². The number of hydrogen-bond donors (Lipinski definition) is 1. The predicted octanol–water partition coefficient (Wildman–Crippen LogP) is 5.62. The minimum Gasteiger partial charge on any atom is -0.461 e. The molecule has 0 aliphatic rings. The maximum absolute atomic E-state index is 6.08. The molecule has 1 aromatic heterocycles. The van der Waals surface area contributed by atoms with Gasteiger partial charge >= 0.3 is 0 Å². The van der Waals surface area contributed by atoms with Gasteiger partial charge in [0.25, 0.3) is 0 Å². The van der Waals surface area contributed by atoms with E-state index in [1.165, 1.54) is 43.1 Å². The number of fused-ring (bicyclic) bond motifs is 1. The first-order valence-corrected chi connectivity index (χ1v) is 8.55. The molecule has 0 aliphatic carbocycles. The second-order valence-electron chi connectivity index (χ2n) is 5.79. The molecule has 21 heavy (non-hydrogen) atoms. The summed E-state index contributed by atoms with van der Waals surface area (Å²) in [5, 5.41) is 5.03. The van der Waals surface area contributed by atoms with Crippen LogP contribution in [-0.2, 0) is 6.42 Å². The minimum atomic E-state index is 0.426. The van der Waals surface area contributed by atoms with Crippen molar-refractivity contribution in [3.8, 4) is 0 Å². The van der Waals surface area contributed by atoms with Crippen LogP contribution in [0.5, 0.6) is 0 Å². The van der Waals surface area contributed by atoms with E-state index in [0.29, 0.717) is 6.04 Å². The Hall–Kier alpha value is -1.28. The summed E-state index contributed by atoms with van der Waals surface area (Å²) in [5.41, 5.74) is 2.43. The summed E-state index contributed by atoms with van der Waals surface area (Å²) in [4.78, 5) is 0. The fourth-order valence-corrected chi connectivity index (χ4v) is 3.03. The second kappa shape index (κ2) is 8.23. The van der Waals surface area contributed by atoms with Crippen molar-refractivity contribution in [2.45, 2.75) is 65.3 Å². The van der Waals surface area contributed by atoms with Crippen LogP contribution in [0.15, 0.2) is 28.7 Å². The Morgan fingerprint density at radius 3 is 2.57 bits per heavy atom. The van der Waals surface area contributed by atoms with Crippen LogP contribution in [-0.4, -0.2) is 6.54 Å². The lowest BCUT2D eigenvalue weighted by Gasteiger charge is -2.19. The molecule has 0 bridgehead atoms. The lowest BCUT2D eigenvalue weighted by atomic mass is 9.96. The van der Waals surface area contributed by atoms with Gasteiger partial charge < -0.3 is 9.73 Å². The summed E-state index contributed by atoms with van der Waals surface area (Å²) in [6, 6.07) is 8.88. The Morgan fingerprint density at radius 2 is 1.86 bits per heavy atom. The fourth-order valence-electron chi connectivity index (χ4n) is 3.03. The maximum atomic E-state index is 6.08. The third-order valence-corrected chi connectivity index (χ3v) is 4.12. The first-order chi connectivity index (χ1) is 10.3. The zero-order chi connectivity index (χ0) is 15.1. The van der Waals surface area contributed by atoms with E-state index in [9.17, 15) is 0 Å². The molecule has 1 unspecified atom stereocenters. The third kappa shape index (κ3) is 3.88. The Morgan fingerprint density at radius 1 is 1.05 bits per heavy atom. The van der Waals surface area contributed by atoms with Gasteiger partial charge in [0.2, 0.25) is 0 Å². The summed E-state index contributed by atoms with van der Waals surface area (Å²) in [7, 11) is 0. The summed E-state index contributed by atoms with van der Waals surface area (Å²) in [6.07, 6.45) is 7.18. The molecular formula is C19H29NO. The van der Waals surface area contributed by atoms with E-state index in [1.54, 1.807) is 0 Å². The summed E-state index contributed by atoms with van der Waals surface area (Å²) >= 11 is 0. The predicted molar refractivity (Wildman–Crippen MR) is 90.8 cm³/mol. The summed E-state index contributed by atoms with van der Waals surface area (Å²) in [5.74, 6) is 1.15. The van der Waals surface area contributed by atoms with Crippen LogP contribution >= 0.6 is 0 Å². The minimum absolute atomic E-state index is 0.426. The van der Waals surface area contributed by atoms with Crippen molar-refractivity contribution < 1.29 is 4.42 Å². The number of furan rings is 1. The van der Waals surface area contributed by atoms with Gasteiger partial charge in [-0.1, -0.05) is 58.2 Å². The molecule has 2 rings (SSSR count). The molecule has 0 saturated heterocycles. The normalized spacial score (nSPS) is 12.9. The molecule has 0 fully saturated rings. The molecule has 1 aromatic carbocycles. The third-order valence-electron chi connectivity index (χ3n) is 4.12. The largest absolute Gasteiger partial charge is 0.461 e. The molecule has 1 heterocycles. The Kier molecular flexibility index (Phi) is 6.31. The van der Waals surface area contributed by atoms with Crippen LogP contribution in [0.3, 0.4) is 0 Å². The van der Waals surface area contributed by atoms with Crippen molar-refractivity contribution in [3.63, 3.8) is 0 Å². The number of nitrogens with one attached hydrogen (secondary N) is 1. The topological polar surface area (TPSA) is 25.2 Å². The standard InChI is InChI=1S/C19H29NO/c1-4-7-8-12-16(20-14-5-2)19-15-11-9-10-13-18(15)21-17(19)6-3/h9-11,13,16,20H,4-8,12,14H2,1-3H3. The molecule has 0 amide bonds. The highest BCUT2D eigenvalue weighted by Gasteiger charge is 2.20. The van der Waals surface area contributed by atoms with E-state index in [4.69, 9.17) is 4.42 Å².